The molecule has 0 aliphatic heterocycles. The monoisotopic (exact) mass is 447 g/mol. The van der Waals surface area contributed by atoms with E-state index >= 15 is 0 Å². The Kier molecular flexibility index (Phi) is 5.64. The van der Waals surface area contributed by atoms with Crippen LogP contribution in [-0.2, 0) is 4.74 Å². The van der Waals surface area contributed by atoms with Gasteiger partial charge in [0.15, 0.2) is 3.83 Å². The highest BCUT2D eigenvalue weighted by molar-refractivity contribution is 14.1. The molecule has 0 saturated carbocycles. The van der Waals surface area contributed by atoms with Gasteiger partial charge in [0.2, 0.25) is 5.88 Å². The van der Waals surface area contributed by atoms with E-state index < -0.39 is 11.7 Å². The van der Waals surface area contributed by atoms with Gasteiger partial charge in [0.25, 0.3) is 0 Å². The molecule has 0 saturated heterocycles. The van der Waals surface area contributed by atoms with Crippen LogP contribution in [0.1, 0.15) is 20.8 Å². The molecule has 0 unspecified atom stereocenters. The zero-order chi connectivity index (χ0) is 17.0. The van der Waals surface area contributed by atoms with Crippen LogP contribution in [0.25, 0.3) is 0 Å². The van der Waals surface area contributed by atoms with Crippen molar-refractivity contribution in [2.24, 2.45) is 0 Å². The summed E-state index contributed by atoms with van der Waals surface area (Å²) in [5.74, 6) is 0.910. The van der Waals surface area contributed by atoms with Crippen LogP contribution in [0.4, 0.5) is 10.5 Å². The fourth-order valence-corrected chi connectivity index (χ4v) is 2.38. The molecule has 8 heteroatoms. The molecule has 2 rings (SSSR count). The van der Waals surface area contributed by atoms with Crippen molar-refractivity contribution in [3.05, 3.63) is 39.3 Å². The Labute approximate surface area is 152 Å². The molecule has 0 bridgehead atoms. The zero-order valence-electron chi connectivity index (χ0n) is 12.8. The second-order valence-electron chi connectivity index (χ2n) is 5.55. The van der Waals surface area contributed by atoms with Crippen LogP contribution in [0.5, 0.6) is 11.6 Å². The minimum absolute atomic E-state index is 0.308. The van der Waals surface area contributed by atoms with Gasteiger partial charge in [-0.2, -0.15) is 4.98 Å². The summed E-state index contributed by atoms with van der Waals surface area (Å²) >= 11 is 7.81. The van der Waals surface area contributed by atoms with E-state index in [1.54, 1.807) is 45.0 Å². The summed E-state index contributed by atoms with van der Waals surface area (Å²) in [4.78, 5) is 19.8. The molecule has 0 aliphatic rings. The maximum absolute atomic E-state index is 11.7. The van der Waals surface area contributed by atoms with E-state index in [1.165, 1.54) is 6.07 Å². The standard InChI is InChI=1S/C15H15ClIN3O3/c1-15(2,3)23-14(21)18-9-4-6-10(7-5-9)22-12-8-11(16)19-13(17)20-12/h4-8H,1-3H3,(H,18,21). The summed E-state index contributed by atoms with van der Waals surface area (Å²) in [6, 6.07) is 8.34. The summed E-state index contributed by atoms with van der Waals surface area (Å²) in [5, 5.41) is 2.95. The van der Waals surface area contributed by atoms with Crippen LogP contribution in [0.3, 0.4) is 0 Å². The van der Waals surface area contributed by atoms with Crippen LogP contribution >= 0.6 is 34.2 Å². The molecule has 1 heterocycles. The lowest BCUT2D eigenvalue weighted by molar-refractivity contribution is 0.0636. The Morgan fingerprint density at radius 1 is 1.22 bits per heavy atom. The van der Waals surface area contributed by atoms with Crippen LogP contribution in [-0.4, -0.2) is 21.7 Å². The second-order valence-corrected chi connectivity index (χ2v) is 6.90. The number of carbonyl (C=O) groups excluding carboxylic acids is 1. The molecule has 0 radical (unpaired) electrons. The Morgan fingerprint density at radius 3 is 2.43 bits per heavy atom. The van der Waals surface area contributed by atoms with Crippen molar-refractivity contribution in [3.63, 3.8) is 0 Å². The number of nitrogens with zero attached hydrogens (tertiary/aromatic N) is 2. The third-order valence-corrected chi connectivity index (χ3v) is 3.04. The summed E-state index contributed by atoms with van der Waals surface area (Å²) in [5.41, 5.74) is 0.0539. The first-order valence-electron chi connectivity index (χ1n) is 6.69. The number of nitrogens with one attached hydrogen (secondary N) is 1. The van der Waals surface area contributed by atoms with Crippen molar-refractivity contribution >= 4 is 46.0 Å². The van der Waals surface area contributed by atoms with E-state index in [9.17, 15) is 4.79 Å². The number of carbonyl (C=O) groups is 1. The molecule has 0 fully saturated rings. The highest BCUT2D eigenvalue weighted by Gasteiger charge is 2.16. The topological polar surface area (TPSA) is 73.3 Å². The lowest BCUT2D eigenvalue weighted by atomic mass is 10.2. The molecule has 1 aromatic carbocycles. The van der Waals surface area contributed by atoms with Crippen molar-refractivity contribution < 1.29 is 14.3 Å². The Bertz CT molecular complexity index is 682. The first-order valence-corrected chi connectivity index (χ1v) is 8.15. The highest BCUT2D eigenvalue weighted by atomic mass is 127. The van der Waals surface area contributed by atoms with Gasteiger partial charge in [0, 0.05) is 34.3 Å². The van der Waals surface area contributed by atoms with Crippen molar-refractivity contribution in [1.82, 2.24) is 9.97 Å². The number of anilines is 1. The van der Waals surface area contributed by atoms with Gasteiger partial charge in [0.05, 0.1) is 0 Å². The third-order valence-electron chi connectivity index (χ3n) is 2.37. The highest BCUT2D eigenvalue weighted by Crippen LogP contribution is 2.24. The van der Waals surface area contributed by atoms with Gasteiger partial charge < -0.3 is 9.47 Å². The van der Waals surface area contributed by atoms with Gasteiger partial charge in [-0.25, -0.2) is 9.78 Å². The zero-order valence-corrected chi connectivity index (χ0v) is 15.7. The Morgan fingerprint density at radius 2 is 1.87 bits per heavy atom. The molecule has 1 amide bonds. The molecule has 6 nitrogen and oxygen atoms in total. The normalized spacial score (nSPS) is 11.0. The average molecular weight is 448 g/mol. The smallest absolute Gasteiger partial charge is 0.412 e. The molecule has 23 heavy (non-hydrogen) atoms. The van der Waals surface area contributed by atoms with Gasteiger partial charge >= 0.3 is 6.09 Å². The molecular weight excluding hydrogens is 433 g/mol. The van der Waals surface area contributed by atoms with Gasteiger partial charge in [-0.15, -0.1) is 0 Å². The first-order chi connectivity index (χ1) is 10.7. The van der Waals surface area contributed by atoms with Crippen LogP contribution in [0.2, 0.25) is 5.15 Å². The van der Waals surface area contributed by atoms with Gasteiger partial charge in [-0.3, -0.25) is 5.32 Å². The number of hydrogen-bond acceptors (Lipinski definition) is 5. The summed E-state index contributed by atoms with van der Waals surface area (Å²) in [6.45, 7) is 5.41. The van der Waals surface area contributed by atoms with Crippen LogP contribution < -0.4 is 10.1 Å². The lowest BCUT2D eigenvalue weighted by Crippen LogP contribution is -2.27. The van der Waals surface area contributed by atoms with E-state index in [2.05, 4.69) is 15.3 Å². The molecule has 0 atom stereocenters. The van der Waals surface area contributed by atoms with E-state index in [4.69, 9.17) is 21.1 Å². The van der Waals surface area contributed by atoms with Crippen LogP contribution in [0, 0.1) is 3.83 Å². The first kappa shape index (κ1) is 17.7. The predicted octanol–water partition coefficient (Wildman–Crippen LogP) is 4.87. The van der Waals surface area contributed by atoms with E-state index in [1.807, 2.05) is 22.6 Å². The number of hydrogen-bond donors (Lipinski definition) is 1. The van der Waals surface area contributed by atoms with Crippen LogP contribution in [0.15, 0.2) is 30.3 Å². The van der Waals surface area contributed by atoms with Crippen molar-refractivity contribution in [2.75, 3.05) is 5.32 Å². The summed E-state index contributed by atoms with van der Waals surface area (Å²) < 4.78 is 11.3. The van der Waals surface area contributed by atoms with Crippen molar-refractivity contribution in [3.8, 4) is 11.6 Å². The molecule has 0 spiro atoms. The van der Waals surface area contributed by atoms with Gasteiger partial charge in [-0.05, 0) is 45.0 Å². The third kappa shape index (κ3) is 6.19. The van der Waals surface area contributed by atoms with Gasteiger partial charge in [-0.1, -0.05) is 11.6 Å². The average Bonchev–Trinajstić information content (AvgIpc) is 2.37. The molecule has 122 valence electrons. The van der Waals surface area contributed by atoms with E-state index in [0.717, 1.165) is 0 Å². The number of rotatable bonds is 3. The number of amides is 1. The van der Waals surface area contributed by atoms with E-state index in [0.29, 0.717) is 26.3 Å². The quantitative estimate of drug-likeness (QED) is 0.413. The summed E-state index contributed by atoms with van der Waals surface area (Å²) in [6.07, 6.45) is -0.511. The lowest BCUT2D eigenvalue weighted by Gasteiger charge is -2.19. The second kappa shape index (κ2) is 7.31. The Balaban J connectivity index is 2.00. The fourth-order valence-electron chi connectivity index (χ4n) is 1.57. The SMILES string of the molecule is CC(C)(C)OC(=O)Nc1ccc(Oc2cc(Cl)nc(I)n2)cc1. The fraction of sp³-hybridized carbons (Fsp3) is 0.267. The number of ether oxygens (including phenoxy) is 2. The van der Waals surface area contributed by atoms with Gasteiger partial charge in [0.1, 0.15) is 16.5 Å². The minimum atomic E-state index is -0.545. The molecule has 2 aromatic rings. The number of aromatic nitrogens is 2. The predicted molar refractivity (Wildman–Crippen MR) is 96.1 cm³/mol. The number of benzene rings is 1. The molecule has 1 aromatic heterocycles. The van der Waals surface area contributed by atoms with Crippen molar-refractivity contribution in [1.29, 1.82) is 0 Å². The molecule has 0 aliphatic carbocycles. The van der Waals surface area contributed by atoms with Crippen molar-refractivity contribution in [2.45, 2.75) is 26.4 Å². The Hall–Kier alpha value is -1.61. The minimum Gasteiger partial charge on any atom is -0.444 e. The largest absolute Gasteiger partial charge is 0.444 e. The number of halogens is 2. The molecular formula is C15H15ClIN3O3. The maximum atomic E-state index is 11.7. The van der Waals surface area contributed by atoms with E-state index in [-0.39, 0.29) is 0 Å². The molecule has 1 N–H and O–H groups in total. The maximum Gasteiger partial charge on any atom is 0.412 e. The summed E-state index contributed by atoms with van der Waals surface area (Å²) in [7, 11) is 0.